The summed E-state index contributed by atoms with van der Waals surface area (Å²) in [5.41, 5.74) is 1.63. The SMILES string of the molecule is COc1ccc(C=Nc2ccc(S(=O)(=O)N3CCOCC3)cc2)cc1. The van der Waals surface area contributed by atoms with E-state index in [0.29, 0.717) is 32.0 Å². The summed E-state index contributed by atoms with van der Waals surface area (Å²) in [5, 5.41) is 0. The third-order valence-electron chi connectivity index (χ3n) is 3.92. The van der Waals surface area contributed by atoms with Crippen LogP contribution >= 0.6 is 0 Å². The normalized spacial score (nSPS) is 16.2. The Morgan fingerprint density at radius 3 is 2.28 bits per heavy atom. The summed E-state index contributed by atoms with van der Waals surface area (Å²) in [5.74, 6) is 0.787. The van der Waals surface area contributed by atoms with Gasteiger partial charge in [-0.1, -0.05) is 0 Å². The minimum Gasteiger partial charge on any atom is -0.497 e. The van der Waals surface area contributed by atoms with Crippen molar-refractivity contribution >= 4 is 21.9 Å². The summed E-state index contributed by atoms with van der Waals surface area (Å²) in [6.45, 7) is 1.65. The number of aliphatic imine (C=N–C) groups is 1. The quantitative estimate of drug-likeness (QED) is 0.768. The zero-order valence-electron chi connectivity index (χ0n) is 14.0. The lowest BCUT2D eigenvalue weighted by atomic mass is 10.2. The smallest absolute Gasteiger partial charge is 0.243 e. The Hall–Kier alpha value is -2.22. The second-order valence-corrected chi connectivity index (χ2v) is 7.48. The molecule has 0 spiro atoms. The predicted molar refractivity (Wildman–Crippen MR) is 96.3 cm³/mol. The van der Waals surface area contributed by atoms with Gasteiger partial charge in [0.15, 0.2) is 0 Å². The molecule has 2 aromatic carbocycles. The molecule has 0 atom stereocenters. The molecule has 7 heteroatoms. The van der Waals surface area contributed by atoms with E-state index in [1.54, 1.807) is 37.6 Å². The Labute approximate surface area is 147 Å². The van der Waals surface area contributed by atoms with Gasteiger partial charge in [0.05, 0.1) is 30.9 Å². The van der Waals surface area contributed by atoms with Gasteiger partial charge in [0.1, 0.15) is 5.75 Å². The molecule has 0 bridgehead atoms. The number of rotatable bonds is 5. The van der Waals surface area contributed by atoms with Crippen molar-refractivity contribution in [2.24, 2.45) is 4.99 Å². The maximum Gasteiger partial charge on any atom is 0.243 e. The third-order valence-corrected chi connectivity index (χ3v) is 5.84. The molecule has 0 radical (unpaired) electrons. The molecule has 1 heterocycles. The Morgan fingerprint density at radius 1 is 1.04 bits per heavy atom. The molecular weight excluding hydrogens is 340 g/mol. The Morgan fingerprint density at radius 2 is 1.68 bits per heavy atom. The molecule has 1 aliphatic rings. The lowest BCUT2D eigenvalue weighted by molar-refractivity contribution is 0.0730. The van der Waals surface area contributed by atoms with Crippen LogP contribution in [-0.2, 0) is 14.8 Å². The first-order valence-electron chi connectivity index (χ1n) is 7.96. The van der Waals surface area contributed by atoms with Gasteiger partial charge in [-0.3, -0.25) is 4.99 Å². The topological polar surface area (TPSA) is 68.2 Å². The van der Waals surface area contributed by atoms with Crippen LogP contribution in [0.25, 0.3) is 0 Å². The van der Waals surface area contributed by atoms with E-state index in [9.17, 15) is 8.42 Å². The van der Waals surface area contributed by atoms with Gasteiger partial charge in [-0.2, -0.15) is 4.31 Å². The van der Waals surface area contributed by atoms with Gasteiger partial charge in [-0.25, -0.2) is 8.42 Å². The van der Waals surface area contributed by atoms with Crippen molar-refractivity contribution in [2.75, 3.05) is 33.4 Å². The Balaban J connectivity index is 1.72. The molecule has 2 aromatic rings. The van der Waals surface area contributed by atoms with Crippen molar-refractivity contribution in [1.29, 1.82) is 0 Å². The van der Waals surface area contributed by atoms with E-state index in [-0.39, 0.29) is 4.90 Å². The number of benzene rings is 2. The Bertz CT molecular complexity index is 824. The first-order chi connectivity index (χ1) is 12.1. The fraction of sp³-hybridized carbons (Fsp3) is 0.278. The molecule has 25 heavy (non-hydrogen) atoms. The first kappa shape index (κ1) is 17.6. The van der Waals surface area contributed by atoms with E-state index in [2.05, 4.69) is 4.99 Å². The van der Waals surface area contributed by atoms with E-state index >= 15 is 0 Å². The highest BCUT2D eigenvalue weighted by Gasteiger charge is 2.25. The zero-order chi connectivity index (χ0) is 17.7. The van der Waals surface area contributed by atoms with Crippen LogP contribution < -0.4 is 4.74 Å². The van der Waals surface area contributed by atoms with Crippen LogP contribution in [-0.4, -0.2) is 52.4 Å². The molecule has 3 rings (SSSR count). The standard InChI is InChI=1S/C18H20N2O4S/c1-23-17-6-2-15(3-7-17)14-19-16-4-8-18(9-5-16)25(21,22)20-10-12-24-13-11-20/h2-9,14H,10-13H2,1H3. The van der Waals surface area contributed by atoms with Crippen molar-refractivity contribution in [1.82, 2.24) is 4.31 Å². The van der Waals surface area contributed by atoms with Crippen LogP contribution in [0.2, 0.25) is 0 Å². The fourth-order valence-corrected chi connectivity index (χ4v) is 3.89. The lowest BCUT2D eigenvalue weighted by Crippen LogP contribution is -2.40. The maximum atomic E-state index is 12.6. The van der Waals surface area contributed by atoms with Gasteiger partial charge in [-0.15, -0.1) is 0 Å². The molecule has 0 amide bonds. The van der Waals surface area contributed by atoms with E-state index in [1.807, 2.05) is 24.3 Å². The second kappa shape index (κ2) is 7.77. The molecule has 0 N–H and O–H groups in total. The molecular formula is C18H20N2O4S. The van der Waals surface area contributed by atoms with Crippen LogP contribution in [0.3, 0.4) is 0 Å². The molecule has 0 aromatic heterocycles. The molecule has 0 saturated carbocycles. The van der Waals surface area contributed by atoms with Crippen molar-refractivity contribution in [2.45, 2.75) is 4.90 Å². The number of ether oxygens (including phenoxy) is 2. The van der Waals surface area contributed by atoms with Crippen molar-refractivity contribution in [3.8, 4) is 5.75 Å². The molecule has 0 aliphatic carbocycles. The Kier molecular flexibility index (Phi) is 5.47. The molecule has 132 valence electrons. The first-order valence-corrected chi connectivity index (χ1v) is 9.40. The summed E-state index contributed by atoms with van der Waals surface area (Å²) in [4.78, 5) is 4.65. The maximum absolute atomic E-state index is 12.6. The van der Waals surface area contributed by atoms with Crippen molar-refractivity contribution < 1.29 is 17.9 Å². The van der Waals surface area contributed by atoms with Gasteiger partial charge < -0.3 is 9.47 Å². The lowest BCUT2D eigenvalue weighted by Gasteiger charge is -2.26. The highest BCUT2D eigenvalue weighted by Crippen LogP contribution is 2.21. The number of morpholine rings is 1. The number of sulfonamides is 1. The van der Waals surface area contributed by atoms with Gasteiger partial charge in [-0.05, 0) is 54.1 Å². The van der Waals surface area contributed by atoms with E-state index in [1.165, 1.54) is 4.31 Å². The van der Waals surface area contributed by atoms with Gasteiger partial charge in [0, 0.05) is 19.3 Å². The average Bonchev–Trinajstić information content (AvgIpc) is 2.68. The van der Waals surface area contributed by atoms with E-state index in [4.69, 9.17) is 9.47 Å². The van der Waals surface area contributed by atoms with E-state index < -0.39 is 10.0 Å². The minimum absolute atomic E-state index is 0.276. The largest absolute Gasteiger partial charge is 0.497 e. The van der Waals surface area contributed by atoms with Gasteiger partial charge in [0.25, 0.3) is 0 Å². The predicted octanol–water partition coefficient (Wildman–Crippen LogP) is 2.47. The number of methoxy groups -OCH3 is 1. The van der Waals surface area contributed by atoms with Crippen molar-refractivity contribution in [3.05, 3.63) is 54.1 Å². The number of hydrogen-bond acceptors (Lipinski definition) is 5. The molecule has 6 nitrogen and oxygen atoms in total. The molecule has 1 fully saturated rings. The second-order valence-electron chi connectivity index (χ2n) is 5.54. The van der Waals surface area contributed by atoms with Crippen LogP contribution in [0.15, 0.2) is 58.4 Å². The third kappa shape index (κ3) is 4.25. The molecule has 1 aliphatic heterocycles. The number of nitrogens with zero attached hydrogens (tertiary/aromatic N) is 2. The van der Waals surface area contributed by atoms with Crippen LogP contribution in [0.4, 0.5) is 5.69 Å². The monoisotopic (exact) mass is 360 g/mol. The molecule has 1 saturated heterocycles. The average molecular weight is 360 g/mol. The van der Waals surface area contributed by atoms with Crippen molar-refractivity contribution in [3.63, 3.8) is 0 Å². The fourth-order valence-electron chi connectivity index (χ4n) is 2.48. The summed E-state index contributed by atoms with van der Waals surface area (Å²) < 4.78 is 36.9. The number of hydrogen-bond donors (Lipinski definition) is 0. The van der Waals surface area contributed by atoms with Crippen LogP contribution in [0.1, 0.15) is 5.56 Å². The van der Waals surface area contributed by atoms with Crippen LogP contribution in [0.5, 0.6) is 5.75 Å². The van der Waals surface area contributed by atoms with E-state index in [0.717, 1.165) is 11.3 Å². The summed E-state index contributed by atoms with van der Waals surface area (Å²) in [7, 11) is -1.85. The molecule has 0 unspecified atom stereocenters. The highest BCUT2D eigenvalue weighted by molar-refractivity contribution is 7.89. The van der Waals surface area contributed by atoms with Crippen LogP contribution in [0, 0.1) is 0 Å². The van der Waals surface area contributed by atoms with Gasteiger partial charge >= 0.3 is 0 Å². The minimum atomic E-state index is -3.47. The summed E-state index contributed by atoms with van der Waals surface area (Å²) in [6.07, 6.45) is 1.73. The van der Waals surface area contributed by atoms with Gasteiger partial charge in [0.2, 0.25) is 10.0 Å². The highest BCUT2D eigenvalue weighted by atomic mass is 32.2. The zero-order valence-corrected chi connectivity index (χ0v) is 14.8. The summed E-state index contributed by atoms with van der Waals surface area (Å²) >= 11 is 0. The summed E-state index contributed by atoms with van der Waals surface area (Å²) in [6, 6.07) is 14.1.